The Morgan fingerprint density at radius 2 is 1.60 bits per heavy atom. The molecular weight excluding hydrogens is 340 g/mol. The topological polar surface area (TPSA) is 104 Å². The lowest BCUT2D eigenvalue weighted by Gasteiger charge is -2.06. The van der Waals surface area contributed by atoms with E-state index in [4.69, 9.17) is 0 Å². The summed E-state index contributed by atoms with van der Waals surface area (Å²) < 4.78 is 27.0. The van der Waals surface area contributed by atoms with Crippen LogP contribution in [0.2, 0.25) is 0 Å². The molecule has 0 aliphatic carbocycles. The van der Waals surface area contributed by atoms with E-state index in [1.54, 1.807) is 36.4 Å². The molecule has 25 heavy (non-hydrogen) atoms. The third kappa shape index (κ3) is 4.18. The van der Waals surface area contributed by atoms with Gasteiger partial charge in [-0.05, 0) is 48.5 Å². The number of anilines is 1. The molecule has 8 heteroatoms. The van der Waals surface area contributed by atoms with Gasteiger partial charge in [-0.2, -0.15) is 5.11 Å². The maximum Gasteiger partial charge on any atom is 0.263 e. The van der Waals surface area contributed by atoms with Crippen LogP contribution in [-0.4, -0.2) is 18.5 Å². The molecular formula is C17H14N4O3S. The zero-order chi connectivity index (χ0) is 17.7. The number of aromatic nitrogens is 1. The summed E-state index contributed by atoms with van der Waals surface area (Å²) in [5.74, 6) is 0.260. The number of para-hydroxylation sites is 1. The Bertz CT molecular complexity index is 988. The van der Waals surface area contributed by atoms with E-state index in [1.807, 2.05) is 0 Å². The van der Waals surface area contributed by atoms with Crippen LogP contribution in [0.1, 0.15) is 0 Å². The van der Waals surface area contributed by atoms with Crippen LogP contribution in [0.15, 0.2) is 88.1 Å². The number of nitrogens with one attached hydrogen (secondary N) is 1. The largest absolute Gasteiger partial charge is 0.506 e. The Kier molecular flexibility index (Phi) is 4.71. The second-order valence-electron chi connectivity index (χ2n) is 5.00. The van der Waals surface area contributed by atoms with E-state index in [-0.39, 0.29) is 16.5 Å². The lowest BCUT2D eigenvalue weighted by atomic mass is 10.3. The molecule has 2 aromatic carbocycles. The fourth-order valence-corrected chi connectivity index (χ4v) is 2.98. The van der Waals surface area contributed by atoms with Crippen molar-refractivity contribution in [3.05, 3.63) is 72.9 Å². The molecule has 126 valence electrons. The van der Waals surface area contributed by atoms with Gasteiger partial charge in [-0.1, -0.05) is 18.2 Å². The molecule has 0 unspecified atom stereocenters. The van der Waals surface area contributed by atoms with E-state index in [1.165, 1.54) is 36.5 Å². The predicted molar refractivity (Wildman–Crippen MR) is 93.8 cm³/mol. The van der Waals surface area contributed by atoms with Crippen LogP contribution >= 0.6 is 0 Å². The van der Waals surface area contributed by atoms with Crippen LogP contribution in [0.5, 0.6) is 5.75 Å². The van der Waals surface area contributed by atoms with Crippen molar-refractivity contribution in [1.82, 2.24) is 4.98 Å². The third-order valence-corrected chi connectivity index (χ3v) is 4.58. The van der Waals surface area contributed by atoms with Gasteiger partial charge >= 0.3 is 0 Å². The monoisotopic (exact) mass is 354 g/mol. The number of phenols is 1. The maximum atomic E-state index is 12.3. The van der Waals surface area contributed by atoms with E-state index in [0.29, 0.717) is 11.4 Å². The van der Waals surface area contributed by atoms with Gasteiger partial charge in [0.05, 0.1) is 10.6 Å². The Labute approximate surface area is 144 Å². The first-order valence-electron chi connectivity index (χ1n) is 7.28. The molecule has 0 bridgehead atoms. The van der Waals surface area contributed by atoms with Gasteiger partial charge in [-0.15, -0.1) is 5.11 Å². The molecule has 3 aromatic rings. The van der Waals surface area contributed by atoms with Crippen molar-refractivity contribution in [1.29, 1.82) is 0 Å². The highest BCUT2D eigenvalue weighted by atomic mass is 32.2. The smallest absolute Gasteiger partial charge is 0.263 e. The first-order valence-corrected chi connectivity index (χ1v) is 8.76. The number of benzene rings is 2. The molecule has 3 rings (SSSR count). The fourth-order valence-electron chi connectivity index (χ4n) is 1.97. The first kappa shape index (κ1) is 16.6. The number of aromatic hydroxyl groups is 1. The van der Waals surface area contributed by atoms with Crippen LogP contribution in [0, 0.1) is 0 Å². The lowest BCUT2D eigenvalue weighted by Crippen LogP contribution is -2.13. The summed E-state index contributed by atoms with van der Waals surface area (Å²) in [4.78, 5) is 4.01. The maximum absolute atomic E-state index is 12.3. The molecule has 7 nitrogen and oxygen atoms in total. The quantitative estimate of drug-likeness (QED) is 0.676. The van der Waals surface area contributed by atoms with Crippen LogP contribution in [-0.2, 0) is 10.0 Å². The fraction of sp³-hybridized carbons (Fsp3) is 0. The molecule has 0 atom stereocenters. The summed E-state index contributed by atoms with van der Waals surface area (Å²) in [6, 6.07) is 17.4. The van der Waals surface area contributed by atoms with E-state index >= 15 is 0 Å². The number of nitrogens with zero attached hydrogens (tertiary/aromatic N) is 3. The number of phenolic OH excluding ortho intramolecular Hbond substituents is 1. The van der Waals surface area contributed by atoms with Crippen molar-refractivity contribution in [3.8, 4) is 5.75 Å². The zero-order valence-electron chi connectivity index (χ0n) is 12.9. The van der Waals surface area contributed by atoms with Crippen molar-refractivity contribution in [3.63, 3.8) is 0 Å². The molecule has 0 radical (unpaired) electrons. The predicted octanol–water partition coefficient (Wildman–Crippen LogP) is 4.00. The first-order chi connectivity index (χ1) is 12.0. The van der Waals surface area contributed by atoms with Gasteiger partial charge in [0.2, 0.25) is 0 Å². The summed E-state index contributed by atoms with van der Waals surface area (Å²) in [6.45, 7) is 0. The Hall–Kier alpha value is -3.26. The standard InChI is InChI=1S/C17H14N4O3S/c22-16-6-2-1-5-15(16)20-19-13-8-10-14(11-9-13)25(23,24)21-17-7-3-4-12-18-17/h1-12,22H,(H,18,21). The minimum Gasteiger partial charge on any atom is -0.506 e. The molecule has 0 saturated heterocycles. The van der Waals surface area contributed by atoms with Crippen LogP contribution in [0.4, 0.5) is 17.2 Å². The Balaban J connectivity index is 1.77. The molecule has 0 aliphatic rings. The lowest BCUT2D eigenvalue weighted by molar-refractivity contribution is 0.476. The van der Waals surface area contributed by atoms with Crippen molar-refractivity contribution in [2.45, 2.75) is 4.90 Å². The molecule has 0 spiro atoms. The van der Waals surface area contributed by atoms with Gasteiger partial charge in [-0.3, -0.25) is 4.72 Å². The average molecular weight is 354 g/mol. The van der Waals surface area contributed by atoms with Gasteiger partial charge < -0.3 is 5.11 Å². The molecule has 1 aromatic heterocycles. The van der Waals surface area contributed by atoms with E-state index < -0.39 is 10.0 Å². The SMILES string of the molecule is O=S(=O)(Nc1ccccn1)c1ccc(N=Nc2ccccc2O)cc1. The van der Waals surface area contributed by atoms with Crippen molar-refractivity contribution in [2.24, 2.45) is 10.2 Å². The average Bonchev–Trinajstić information content (AvgIpc) is 2.62. The summed E-state index contributed by atoms with van der Waals surface area (Å²) in [7, 11) is -3.73. The number of azo groups is 1. The van der Waals surface area contributed by atoms with E-state index in [9.17, 15) is 13.5 Å². The number of pyridine rings is 1. The number of sulfonamides is 1. The highest BCUT2D eigenvalue weighted by Crippen LogP contribution is 2.27. The van der Waals surface area contributed by atoms with Crippen LogP contribution < -0.4 is 4.72 Å². The van der Waals surface area contributed by atoms with E-state index in [2.05, 4.69) is 19.9 Å². The molecule has 2 N–H and O–H groups in total. The van der Waals surface area contributed by atoms with Gasteiger partial charge in [0.25, 0.3) is 10.0 Å². The highest BCUT2D eigenvalue weighted by Gasteiger charge is 2.14. The second-order valence-corrected chi connectivity index (χ2v) is 6.69. The Morgan fingerprint density at radius 3 is 2.28 bits per heavy atom. The van der Waals surface area contributed by atoms with Crippen LogP contribution in [0.3, 0.4) is 0 Å². The summed E-state index contributed by atoms with van der Waals surface area (Å²) in [5, 5.41) is 17.5. The highest BCUT2D eigenvalue weighted by molar-refractivity contribution is 7.92. The minimum absolute atomic E-state index is 0.0185. The molecule has 0 aliphatic heterocycles. The minimum atomic E-state index is -3.73. The third-order valence-electron chi connectivity index (χ3n) is 3.21. The molecule has 0 fully saturated rings. The van der Waals surface area contributed by atoms with Crippen molar-refractivity contribution >= 4 is 27.2 Å². The van der Waals surface area contributed by atoms with Gasteiger partial charge in [0, 0.05) is 6.20 Å². The Morgan fingerprint density at radius 1 is 0.880 bits per heavy atom. The number of hydrogen-bond acceptors (Lipinski definition) is 6. The van der Waals surface area contributed by atoms with Crippen molar-refractivity contribution in [2.75, 3.05) is 4.72 Å². The molecule has 0 saturated carbocycles. The summed E-state index contributed by atoms with van der Waals surface area (Å²) in [6.07, 6.45) is 1.50. The molecule has 0 amide bonds. The van der Waals surface area contributed by atoms with Gasteiger partial charge in [0.15, 0.2) is 0 Å². The second kappa shape index (κ2) is 7.10. The summed E-state index contributed by atoms with van der Waals surface area (Å²) >= 11 is 0. The van der Waals surface area contributed by atoms with E-state index in [0.717, 1.165) is 0 Å². The normalized spacial score (nSPS) is 11.5. The van der Waals surface area contributed by atoms with Gasteiger partial charge in [0.1, 0.15) is 17.3 Å². The number of hydrogen-bond donors (Lipinski definition) is 2. The zero-order valence-corrected chi connectivity index (χ0v) is 13.8. The van der Waals surface area contributed by atoms with Gasteiger partial charge in [-0.25, -0.2) is 13.4 Å². The number of rotatable bonds is 5. The van der Waals surface area contributed by atoms with Crippen LogP contribution in [0.25, 0.3) is 0 Å². The molecule has 1 heterocycles. The van der Waals surface area contributed by atoms with Crippen molar-refractivity contribution < 1.29 is 13.5 Å². The summed E-state index contributed by atoms with van der Waals surface area (Å²) in [5.41, 5.74) is 0.788.